The van der Waals surface area contributed by atoms with Gasteiger partial charge in [-0.1, -0.05) is 11.6 Å². The maximum atomic E-state index is 13.7. The summed E-state index contributed by atoms with van der Waals surface area (Å²) in [7, 11) is 0. The molecule has 1 amide bonds. The van der Waals surface area contributed by atoms with Gasteiger partial charge in [0.1, 0.15) is 10.8 Å². The van der Waals surface area contributed by atoms with Crippen molar-refractivity contribution in [1.82, 2.24) is 19.9 Å². The van der Waals surface area contributed by atoms with Gasteiger partial charge >= 0.3 is 6.09 Å². The normalized spacial score (nSPS) is 18.4. The van der Waals surface area contributed by atoms with Crippen molar-refractivity contribution in [2.45, 2.75) is 31.1 Å². The average molecular weight is 410 g/mol. The monoisotopic (exact) mass is 409 g/mol. The Labute approximate surface area is 165 Å². The number of carbonyl (C=O) groups is 1. The first-order valence-corrected chi connectivity index (χ1v) is 9.20. The van der Waals surface area contributed by atoms with E-state index in [4.69, 9.17) is 11.6 Å². The number of alkyl halides is 2. The number of likely N-dealkylation sites (tertiary alicyclic amines) is 1. The first kappa shape index (κ1) is 18.8. The Balaban J connectivity index is 1.74. The van der Waals surface area contributed by atoms with E-state index in [1.54, 1.807) is 17.2 Å². The van der Waals surface area contributed by atoms with Crippen LogP contribution in [0.15, 0.2) is 24.5 Å². The molecule has 0 unspecified atom stereocenters. The lowest BCUT2D eigenvalue weighted by atomic mass is 9.75. The van der Waals surface area contributed by atoms with Crippen molar-refractivity contribution in [3.8, 4) is 0 Å². The Bertz CT molecular complexity index is 928. The minimum absolute atomic E-state index is 0.167. The molecule has 0 saturated carbocycles. The molecule has 2 aromatic heterocycles. The van der Waals surface area contributed by atoms with E-state index >= 15 is 0 Å². The van der Waals surface area contributed by atoms with Crippen molar-refractivity contribution in [2.75, 3.05) is 24.5 Å². The standard InChI is InChI=1S/C18H18ClF2N5O2/c1-17(20,21)13-2-5-22-15(24-13)26-10-18(3-6-25(7-4-18)16(27)28)11-9-23-14(19)8-12(11)26/h2,5,8-9H,3-4,6-7,10H2,1H3,(H,27,28). The molecule has 7 nitrogen and oxygen atoms in total. The van der Waals surface area contributed by atoms with Gasteiger partial charge in [0.05, 0.1) is 5.69 Å². The van der Waals surface area contributed by atoms with Crippen molar-refractivity contribution in [3.05, 3.63) is 40.9 Å². The molecular formula is C18H18ClF2N5O2. The van der Waals surface area contributed by atoms with Crippen LogP contribution in [0, 0.1) is 0 Å². The number of hydrogen-bond donors (Lipinski definition) is 1. The Morgan fingerprint density at radius 1 is 1.32 bits per heavy atom. The van der Waals surface area contributed by atoms with E-state index in [1.807, 2.05) is 0 Å². The number of fused-ring (bicyclic) bond motifs is 2. The molecule has 1 fully saturated rings. The van der Waals surface area contributed by atoms with Crippen molar-refractivity contribution in [1.29, 1.82) is 0 Å². The van der Waals surface area contributed by atoms with Crippen molar-refractivity contribution in [3.63, 3.8) is 0 Å². The summed E-state index contributed by atoms with van der Waals surface area (Å²) in [6.45, 7) is 2.02. The highest BCUT2D eigenvalue weighted by Gasteiger charge is 2.47. The van der Waals surface area contributed by atoms with Gasteiger partial charge in [0, 0.05) is 49.9 Å². The fraction of sp³-hybridized carbons (Fsp3) is 0.444. The first-order chi connectivity index (χ1) is 13.2. The molecule has 0 aliphatic carbocycles. The lowest BCUT2D eigenvalue weighted by Crippen LogP contribution is -2.46. The van der Waals surface area contributed by atoms with E-state index in [0.29, 0.717) is 32.5 Å². The van der Waals surface area contributed by atoms with Crippen molar-refractivity contribution >= 4 is 29.3 Å². The van der Waals surface area contributed by atoms with Gasteiger partial charge in [0.25, 0.3) is 5.92 Å². The Morgan fingerprint density at radius 3 is 2.68 bits per heavy atom. The zero-order valence-corrected chi connectivity index (χ0v) is 15.8. The Morgan fingerprint density at radius 2 is 2.04 bits per heavy atom. The fourth-order valence-electron chi connectivity index (χ4n) is 3.98. The van der Waals surface area contributed by atoms with Crippen LogP contribution in [0.2, 0.25) is 5.15 Å². The summed E-state index contributed by atoms with van der Waals surface area (Å²) in [5.41, 5.74) is 0.924. The van der Waals surface area contributed by atoms with Crippen LogP contribution < -0.4 is 4.90 Å². The van der Waals surface area contributed by atoms with Crippen LogP contribution in [-0.4, -0.2) is 50.7 Å². The summed E-state index contributed by atoms with van der Waals surface area (Å²) < 4.78 is 27.5. The van der Waals surface area contributed by atoms with E-state index in [2.05, 4.69) is 15.0 Å². The minimum atomic E-state index is -3.08. The van der Waals surface area contributed by atoms with Crippen LogP contribution in [0.5, 0.6) is 0 Å². The van der Waals surface area contributed by atoms with E-state index in [0.717, 1.165) is 18.2 Å². The molecule has 10 heteroatoms. The van der Waals surface area contributed by atoms with Crippen molar-refractivity contribution < 1.29 is 18.7 Å². The van der Waals surface area contributed by atoms with Gasteiger partial charge in [-0.15, -0.1) is 0 Å². The molecule has 28 heavy (non-hydrogen) atoms. The molecule has 2 aliphatic heterocycles. The molecule has 4 heterocycles. The number of hydrogen-bond acceptors (Lipinski definition) is 5. The largest absolute Gasteiger partial charge is 0.465 e. The van der Waals surface area contributed by atoms with Gasteiger partial charge in [-0.3, -0.25) is 0 Å². The second-order valence-electron chi connectivity index (χ2n) is 7.29. The smallest absolute Gasteiger partial charge is 0.407 e. The molecule has 148 valence electrons. The number of aromatic nitrogens is 3. The molecule has 0 radical (unpaired) electrons. The predicted octanol–water partition coefficient (Wildman–Crippen LogP) is 3.80. The summed E-state index contributed by atoms with van der Waals surface area (Å²) in [5.74, 6) is -2.92. The van der Waals surface area contributed by atoms with Gasteiger partial charge in [0.2, 0.25) is 5.95 Å². The molecule has 2 aliphatic rings. The quantitative estimate of drug-likeness (QED) is 0.760. The van der Waals surface area contributed by atoms with Crippen LogP contribution in [0.4, 0.5) is 25.2 Å². The van der Waals surface area contributed by atoms with Crippen LogP contribution in [0.25, 0.3) is 0 Å². The SMILES string of the molecule is CC(F)(F)c1ccnc(N2CC3(CCN(C(=O)O)CC3)c3cnc(Cl)cc32)n1. The zero-order chi connectivity index (χ0) is 20.1. The summed E-state index contributed by atoms with van der Waals surface area (Å²) in [6, 6.07) is 2.87. The number of carboxylic acid groups (broad SMARTS) is 1. The van der Waals surface area contributed by atoms with Crippen LogP contribution >= 0.6 is 11.6 Å². The molecule has 2 aromatic rings. The summed E-state index contributed by atoms with van der Waals surface area (Å²) in [4.78, 5) is 26.9. The fourth-order valence-corrected chi connectivity index (χ4v) is 4.13. The molecule has 1 saturated heterocycles. The van der Waals surface area contributed by atoms with Gasteiger partial charge in [-0.2, -0.15) is 8.78 Å². The topological polar surface area (TPSA) is 82.5 Å². The van der Waals surface area contributed by atoms with Crippen LogP contribution in [0.3, 0.4) is 0 Å². The van der Waals surface area contributed by atoms with E-state index in [9.17, 15) is 18.7 Å². The van der Waals surface area contributed by atoms with E-state index in [1.165, 1.54) is 17.2 Å². The van der Waals surface area contributed by atoms with Gasteiger partial charge in [0.15, 0.2) is 0 Å². The number of amides is 1. The molecular weight excluding hydrogens is 392 g/mol. The number of pyridine rings is 1. The lowest BCUT2D eigenvalue weighted by molar-refractivity contribution is 0.0127. The third-order valence-corrected chi connectivity index (χ3v) is 5.70. The number of piperidine rings is 1. The predicted molar refractivity (Wildman–Crippen MR) is 98.4 cm³/mol. The molecule has 0 bridgehead atoms. The minimum Gasteiger partial charge on any atom is -0.465 e. The average Bonchev–Trinajstić information content (AvgIpc) is 2.95. The maximum absolute atomic E-state index is 13.7. The highest BCUT2D eigenvalue weighted by molar-refractivity contribution is 6.29. The highest BCUT2D eigenvalue weighted by atomic mass is 35.5. The molecule has 1 N–H and O–H groups in total. The van der Waals surface area contributed by atoms with Gasteiger partial charge < -0.3 is 14.9 Å². The number of rotatable bonds is 2. The summed E-state index contributed by atoms with van der Waals surface area (Å²) in [5, 5.41) is 9.51. The summed E-state index contributed by atoms with van der Waals surface area (Å²) >= 11 is 6.09. The second-order valence-corrected chi connectivity index (χ2v) is 7.68. The number of nitrogens with zero attached hydrogens (tertiary/aromatic N) is 5. The lowest BCUT2D eigenvalue weighted by Gasteiger charge is -2.38. The number of halogens is 3. The zero-order valence-electron chi connectivity index (χ0n) is 15.1. The van der Waals surface area contributed by atoms with Gasteiger partial charge in [-0.05, 0) is 25.0 Å². The highest BCUT2D eigenvalue weighted by Crippen LogP contribution is 2.49. The molecule has 4 rings (SSSR count). The molecule has 0 atom stereocenters. The van der Waals surface area contributed by atoms with Gasteiger partial charge in [-0.25, -0.2) is 19.7 Å². The number of anilines is 2. The van der Waals surface area contributed by atoms with E-state index < -0.39 is 12.0 Å². The first-order valence-electron chi connectivity index (χ1n) is 8.82. The Hall–Kier alpha value is -2.55. The molecule has 1 spiro atoms. The van der Waals surface area contributed by atoms with Crippen LogP contribution in [0.1, 0.15) is 31.0 Å². The van der Waals surface area contributed by atoms with Crippen molar-refractivity contribution in [2.24, 2.45) is 0 Å². The maximum Gasteiger partial charge on any atom is 0.407 e. The molecule has 0 aromatic carbocycles. The third kappa shape index (κ3) is 3.13. The van der Waals surface area contributed by atoms with Crippen LogP contribution in [-0.2, 0) is 11.3 Å². The van der Waals surface area contributed by atoms with E-state index in [-0.39, 0.29) is 22.2 Å². The Kier molecular flexibility index (Phi) is 4.37. The summed E-state index contributed by atoms with van der Waals surface area (Å²) in [6.07, 6.45) is 3.24. The second kappa shape index (κ2) is 6.51. The third-order valence-electron chi connectivity index (χ3n) is 5.50.